The summed E-state index contributed by atoms with van der Waals surface area (Å²) in [4.78, 5) is 24.9. The number of carbonyl (C=O) groups excluding carboxylic acids is 1. The van der Waals surface area contributed by atoms with Crippen LogP contribution < -0.4 is 16.0 Å². The highest BCUT2D eigenvalue weighted by molar-refractivity contribution is 7.90. The number of carbonyl (C=O) groups is 1. The van der Waals surface area contributed by atoms with Crippen molar-refractivity contribution >= 4 is 44.2 Å². The maximum atomic E-state index is 12.3. The first-order valence-corrected chi connectivity index (χ1v) is 11.0. The second-order valence-electron chi connectivity index (χ2n) is 6.62. The summed E-state index contributed by atoms with van der Waals surface area (Å²) in [7, 11) is -3.00. The Morgan fingerprint density at radius 3 is 2.55 bits per heavy atom. The fourth-order valence-corrected chi connectivity index (χ4v) is 3.34. The van der Waals surface area contributed by atoms with E-state index in [1.807, 2.05) is 24.3 Å². The van der Waals surface area contributed by atoms with Crippen LogP contribution in [-0.4, -0.2) is 48.0 Å². The molecule has 0 unspecified atom stereocenters. The molecule has 0 aliphatic heterocycles. The number of hydrogen-bond acceptors (Lipinski definition) is 7. The average Bonchev–Trinajstić information content (AvgIpc) is 2.64. The van der Waals surface area contributed by atoms with Crippen LogP contribution in [0.3, 0.4) is 0 Å². The third kappa shape index (κ3) is 6.39. The Morgan fingerprint density at radius 2 is 1.79 bits per heavy atom. The van der Waals surface area contributed by atoms with Gasteiger partial charge in [-0.25, -0.2) is 23.2 Å². The third-order valence-electron chi connectivity index (χ3n) is 3.95. The Morgan fingerprint density at radius 1 is 1.03 bits per heavy atom. The van der Waals surface area contributed by atoms with Crippen LogP contribution in [0.15, 0.2) is 42.6 Å². The van der Waals surface area contributed by atoms with Crippen molar-refractivity contribution in [3.63, 3.8) is 0 Å². The summed E-state index contributed by atoms with van der Waals surface area (Å²) in [5.41, 5.74) is 0.657. The number of aryl methyl sites for hydroxylation is 1. The fourth-order valence-electron chi connectivity index (χ4n) is 2.67. The molecule has 9 nitrogen and oxygen atoms in total. The van der Waals surface area contributed by atoms with Gasteiger partial charge >= 0.3 is 6.03 Å². The summed E-state index contributed by atoms with van der Waals surface area (Å²) in [6.45, 7) is 2.22. The van der Waals surface area contributed by atoms with Gasteiger partial charge in [-0.2, -0.15) is 4.98 Å². The van der Waals surface area contributed by atoms with E-state index in [0.29, 0.717) is 30.3 Å². The number of urea groups is 1. The topological polar surface area (TPSA) is 126 Å². The van der Waals surface area contributed by atoms with Crippen molar-refractivity contribution in [2.75, 3.05) is 34.5 Å². The number of sulfone groups is 1. The Balaban J connectivity index is 1.61. The first kappa shape index (κ1) is 20.5. The number of fused-ring (bicyclic) bond motifs is 1. The molecule has 0 saturated heterocycles. The van der Waals surface area contributed by atoms with Crippen LogP contribution >= 0.6 is 0 Å². The highest BCUT2D eigenvalue weighted by Crippen LogP contribution is 2.16. The van der Waals surface area contributed by atoms with Gasteiger partial charge in [0.2, 0.25) is 5.95 Å². The van der Waals surface area contributed by atoms with E-state index in [1.165, 1.54) is 6.26 Å². The zero-order valence-electron chi connectivity index (χ0n) is 16.1. The molecule has 0 aliphatic rings. The van der Waals surface area contributed by atoms with E-state index < -0.39 is 15.9 Å². The predicted octanol–water partition coefficient (Wildman–Crippen LogP) is 2.82. The van der Waals surface area contributed by atoms with Gasteiger partial charge in [-0.3, -0.25) is 10.6 Å². The molecule has 29 heavy (non-hydrogen) atoms. The van der Waals surface area contributed by atoms with Crippen molar-refractivity contribution in [3.8, 4) is 0 Å². The molecule has 2 amide bonds. The number of hydrogen-bond donors (Lipinski definition) is 3. The number of anilines is 3. The van der Waals surface area contributed by atoms with E-state index in [1.54, 1.807) is 25.3 Å². The van der Waals surface area contributed by atoms with Gasteiger partial charge in [0.25, 0.3) is 0 Å². The highest BCUT2D eigenvalue weighted by atomic mass is 32.2. The largest absolute Gasteiger partial charge is 0.370 e. The van der Waals surface area contributed by atoms with E-state index in [-0.39, 0.29) is 11.7 Å². The second kappa shape index (κ2) is 8.82. The van der Waals surface area contributed by atoms with Crippen molar-refractivity contribution in [2.24, 2.45) is 0 Å². The molecule has 10 heteroatoms. The van der Waals surface area contributed by atoms with Gasteiger partial charge in [0, 0.05) is 36.1 Å². The molecule has 152 valence electrons. The molecule has 0 fully saturated rings. The van der Waals surface area contributed by atoms with Crippen molar-refractivity contribution in [3.05, 3.63) is 48.3 Å². The summed E-state index contributed by atoms with van der Waals surface area (Å²) >= 11 is 0. The first-order valence-electron chi connectivity index (χ1n) is 8.98. The molecule has 0 aliphatic carbocycles. The van der Waals surface area contributed by atoms with Crippen molar-refractivity contribution < 1.29 is 13.2 Å². The van der Waals surface area contributed by atoms with Crippen molar-refractivity contribution in [2.45, 2.75) is 13.3 Å². The minimum atomic E-state index is -3.00. The lowest BCUT2D eigenvalue weighted by Gasteiger charge is -2.10. The molecule has 2 aromatic heterocycles. The number of pyridine rings is 1. The van der Waals surface area contributed by atoms with Gasteiger partial charge in [-0.15, -0.1) is 0 Å². The Bertz CT molecular complexity index is 1130. The zero-order valence-corrected chi connectivity index (χ0v) is 17.0. The number of aromatic nitrogens is 3. The number of benzene rings is 1. The molecule has 3 N–H and O–H groups in total. The molecular formula is C19H22N6O3S. The fraction of sp³-hybridized carbons (Fsp3) is 0.263. The minimum Gasteiger partial charge on any atom is -0.370 e. The molecule has 0 radical (unpaired) electrons. The summed E-state index contributed by atoms with van der Waals surface area (Å²) in [5, 5.41) is 10.2. The molecule has 0 bridgehead atoms. The SMILES string of the molecule is Cc1cc(NCCCS(C)(=O)=O)nc(NC(=O)Nc2cc3ccccc3cn2)n1. The van der Waals surface area contributed by atoms with Gasteiger partial charge in [0.15, 0.2) is 0 Å². The van der Waals surface area contributed by atoms with Crippen LogP contribution in [0.1, 0.15) is 12.1 Å². The molecule has 0 spiro atoms. The summed E-state index contributed by atoms with van der Waals surface area (Å²) in [6.07, 6.45) is 3.35. The molecule has 2 heterocycles. The lowest BCUT2D eigenvalue weighted by atomic mass is 10.2. The molecule has 1 aromatic carbocycles. The van der Waals surface area contributed by atoms with Crippen LogP contribution in [0.4, 0.5) is 22.4 Å². The Labute approximate surface area is 168 Å². The van der Waals surface area contributed by atoms with Crippen LogP contribution in [-0.2, 0) is 9.84 Å². The maximum absolute atomic E-state index is 12.3. The summed E-state index contributed by atoms with van der Waals surface area (Å²) in [6, 6.07) is 10.7. The average molecular weight is 414 g/mol. The monoisotopic (exact) mass is 414 g/mol. The lowest BCUT2D eigenvalue weighted by molar-refractivity contribution is 0.262. The van der Waals surface area contributed by atoms with Gasteiger partial charge in [-0.05, 0) is 24.8 Å². The number of amides is 2. The highest BCUT2D eigenvalue weighted by Gasteiger charge is 2.09. The lowest BCUT2D eigenvalue weighted by Crippen LogP contribution is -2.22. The minimum absolute atomic E-state index is 0.0936. The standard InChI is InChI=1S/C19H22N6O3S/c1-13-10-16(20-8-5-9-29(2,27)28)23-18(22-13)25-19(26)24-17-11-14-6-3-4-7-15(14)12-21-17/h3-4,6-7,10-12H,5,8-9H2,1-2H3,(H3,20,21,22,23,24,25,26). The molecule has 3 rings (SSSR count). The third-order valence-corrected chi connectivity index (χ3v) is 4.98. The van der Waals surface area contributed by atoms with Crippen molar-refractivity contribution in [1.82, 2.24) is 15.0 Å². The number of nitrogens with zero attached hydrogens (tertiary/aromatic N) is 3. The quantitative estimate of drug-likeness (QED) is 0.508. The second-order valence-corrected chi connectivity index (χ2v) is 8.88. The molecule has 3 aromatic rings. The summed E-state index contributed by atoms with van der Waals surface area (Å²) < 4.78 is 22.4. The van der Waals surface area contributed by atoms with Gasteiger partial charge in [0.05, 0.1) is 5.75 Å². The van der Waals surface area contributed by atoms with Crippen molar-refractivity contribution in [1.29, 1.82) is 0 Å². The van der Waals surface area contributed by atoms with Crippen LogP contribution in [0, 0.1) is 6.92 Å². The Kier molecular flexibility index (Phi) is 6.23. The molecule has 0 atom stereocenters. The summed E-state index contributed by atoms with van der Waals surface area (Å²) in [5.74, 6) is 1.14. The number of rotatable bonds is 7. The van der Waals surface area contributed by atoms with Gasteiger partial charge < -0.3 is 5.32 Å². The van der Waals surface area contributed by atoms with Crippen LogP contribution in [0.2, 0.25) is 0 Å². The van der Waals surface area contributed by atoms with E-state index in [9.17, 15) is 13.2 Å². The normalized spacial score (nSPS) is 11.2. The van der Waals surface area contributed by atoms with E-state index in [0.717, 1.165) is 10.8 Å². The van der Waals surface area contributed by atoms with E-state index >= 15 is 0 Å². The molecule has 0 saturated carbocycles. The maximum Gasteiger partial charge on any atom is 0.327 e. The van der Waals surface area contributed by atoms with E-state index in [2.05, 4.69) is 30.9 Å². The Hall–Kier alpha value is -3.27. The zero-order chi connectivity index (χ0) is 20.9. The number of nitrogens with one attached hydrogen (secondary N) is 3. The molecular weight excluding hydrogens is 392 g/mol. The van der Waals surface area contributed by atoms with Gasteiger partial charge in [-0.1, -0.05) is 24.3 Å². The van der Waals surface area contributed by atoms with Crippen LogP contribution in [0.5, 0.6) is 0 Å². The smallest absolute Gasteiger partial charge is 0.327 e. The predicted molar refractivity (Wildman–Crippen MR) is 114 cm³/mol. The van der Waals surface area contributed by atoms with Crippen LogP contribution in [0.25, 0.3) is 10.8 Å². The first-order chi connectivity index (χ1) is 13.8. The van der Waals surface area contributed by atoms with Gasteiger partial charge in [0.1, 0.15) is 21.5 Å². The van der Waals surface area contributed by atoms with E-state index in [4.69, 9.17) is 0 Å².